The molecule has 0 aromatic carbocycles. The lowest BCUT2D eigenvalue weighted by Crippen LogP contribution is -2.35. The summed E-state index contributed by atoms with van der Waals surface area (Å²) >= 11 is 0. The molecule has 0 radical (unpaired) electrons. The Balaban J connectivity index is 1.55. The minimum Gasteiger partial charge on any atom is -0.303 e. The van der Waals surface area contributed by atoms with Gasteiger partial charge in [-0.3, -0.25) is 4.79 Å². The van der Waals surface area contributed by atoms with E-state index in [0.29, 0.717) is 5.78 Å². The molecule has 86 valence electrons. The molecule has 0 aromatic heterocycles. The highest BCUT2D eigenvalue weighted by molar-refractivity contribution is 5.79. The number of rotatable bonds is 4. The highest BCUT2D eigenvalue weighted by atomic mass is 16.1. The maximum Gasteiger partial charge on any atom is 0.135 e. The van der Waals surface area contributed by atoms with E-state index in [1.165, 1.54) is 45.4 Å². The lowest BCUT2D eigenvalue weighted by molar-refractivity contribution is -0.121. The van der Waals surface area contributed by atoms with Crippen molar-refractivity contribution in [3.05, 3.63) is 0 Å². The first kappa shape index (κ1) is 11.1. The standard InChI is InChI=1S/C12H22N2O/c15-12-4-10-14(11-5-12)9-3-8-13-6-1-2-7-13/h1-11H2. The van der Waals surface area contributed by atoms with Crippen LogP contribution in [-0.2, 0) is 4.79 Å². The van der Waals surface area contributed by atoms with Crippen molar-refractivity contribution in [1.82, 2.24) is 9.80 Å². The van der Waals surface area contributed by atoms with E-state index in [1.807, 2.05) is 0 Å². The Kier molecular flexibility index (Phi) is 4.15. The van der Waals surface area contributed by atoms with E-state index < -0.39 is 0 Å². The van der Waals surface area contributed by atoms with Crippen LogP contribution in [0, 0.1) is 0 Å². The summed E-state index contributed by atoms with van der Waals surface area (Å²) in [7, 11) is 0. The Bertz CT molecular complexity index is 202. The van der Waals surface area contributed by atoms with Gasteiger partial charge in [-0.2, -0.15) is 0 Å². The summed E-state index contributed by atoms with van der Waals surface area (Å²) in [4.78, 5) is 16.1. The topological polar surface area (TPSA) is 23.6 Å². The number of ketones is 1. The molecule has 2 heterocycles. The molecule has 3 nitrogen and oxygen atoms in total. The van der Waals surface area contributed by atoms with E-state index in [-0.39, 0.29) is 0 Å². The number of hydrogen-bond donors (Lipinski definition) is 0. The molecule has 0 bridgehead atoms. The fourth-order valence-corrected chi connectivity index (χ4v) is 2.55. The van der Waals surface area contributed by atoms with Crippen LogP contribution in [0.4, 0.5) is 0 Å². The molecule has 2 rings (SSSR count). The van der Waals surface area contributed by atoms with Crippen molar-refractivity contribution in [1.29, 1.82) is 0 Å². The van der Waals surface area contributed by atoms with E-state index in [4.69, 9.17) is 0 Å². The molecule has 3 heteroatoms. The first-order chi connectivity index (χ1) is 7.34. The first-order valence-electron chi connectivity index (χ1n) is 6.31. The lowest BCUT2D eigenvalue weighted by atomic mass is 10.1. The van der Waals surface area contributed by atoms with E-state index in [2.05, 4.69) is 9.80 Å². The molecule has 0 atom stereocenters. The zero-order chi connectivity index (χ0) is 10.5. The maximum atomic E-state index is 11.1. The molecular formula is C12H22N2O. The molecule has 0 amide bonds. The number of Topliss-reactive ketones (excluding diaryl/α,β-unsaturated/α-hetero) is 1. The Hall–Kier alpha value is -0.410. The number of likely N-dealkylation sites (tertiary alicyclic amines) is 2. The van der Waals surface area contributed by atoms with Gasteiger partial charge in [0, 0.05) is 25.9 Å². The van der Waals surface area contributed by atoms with Crippen molar-refractivity contribution in [2.45, 2.75) is 32.1 Å². The van der Waals surface area contributed by atoms with Crippen LogP contribution < -0.4 is 0 Å². The second-order valence-corrected chi connectivity index (χ2v) is 4.78. The normalized spacial score (nSPS) is 24.9. The van der Waals surface area contributed by atoms with E-state index in [1.54, 1.807) is 0 Å². The van der Waals surface area contributed by atoms with Crippen molar-refractivity contribution < 1.29 is 4.79 Å². The second-order valence-electron chi connectivity index (χ2n) is 4.78. The summed E-state index contributed by atoms with van der Waals surface area (Å²) < 4.78 is 0. The first-order valence-corrected chi connectivity index (χ1v) is 6.31. The Morgan fingerprint density at radius 3 is 2.00 bits per heavy atom. The highest BCUT2D eigenvalue weighted by Gasteiger charge is 2.16. The molecule has 2 saturated heterocycles. The summed E-state index contributed by atoms with van der Waals surface area (Å²) in [5.74, 6) is 0.450. The molecule has 0 aromatic rings. The van der Waals surface area contributed by atoms with Crippen molar-refractivity contribution >= 4 is 5.78 Å². The van der Waals surface area contributed by atoms with Gasteiger partial charge >= 0.3 is 0 Å². The van der Waals surface area contributed by atoms with Gasteiger partial charge in [0.05, 0.1) is 0 Å². The van der Waals surface area contributed by atoms with Crippen LogP contribution in [-0.4, -0.2) is 54.9 Å². The van der Waals surface area contributed by atoms with Gasteiger partial charge in [-0.15, -0.1) is 0 Å². The van der Waals surface area contributed by atoms with E-state index in [0.717, 1.165) is 25.9 Å². The fourth-order valence-electron chi connectivity index (χ4n) is 2.55. The molecule has 0 saturated carbocycles. The van der Waals surface area contributed by atoms with E-state index in [9.17, 15) is 4.79 Å². The van der Waals surface area contributed by atoms with Crippen LogP contribution >= 0.6 is 0 Å². The van der Waals surface area contributed by atoms with Crippen LogP contribution in [0.25, 0.3) is 0 Å². The molecular weight excluding hydrogens is 188 g/mol. The molecule has 2 aliphatic heterocycles. The summed E-state index contributed by atoms with van der Waals surface area (Å²) in [5, 5.41) is 0. The highest BCUT2D eigenvalue weighted by Crippen LogP contribution is 2.09. The number of piperidine rings is 1. The van der Waals surface area contributed by atoms with Crippen molar-refractivity contribution in [3.8, 4) is 0 Å². The number of hydrogen-bond acceptors (Lipinski definition) is 3. The number of nitrogens with zero attached hydrogens (tertiary/aromatic N) is 2. The van der Waals surface area contributed by atoms with Crippen LogP contribution in [0.2, 0.25) is 0 Å². The average Bonchev–Trinajstić information content (AvgIpc) is 2.74. The monoisotopic (exact) mass is 210 g/mol. The Morgan fingerprint density at radius 1 is 0.867 bits per heavy atom. The summed E-state index contributed by atoms with van der Waals surface area (Å²) in [6, 6.07) is 0. The van der Waals surface area contributed by atoms with Crippen molar-refractivity contribution in [2.24, 2.45) is 0 Å². The van der Waals surface area contributed by atoms with Crippen LogP contribution in [0.1, 0.15) is 32.1 Å². The molecule has 2 fully saturated rings. The number of carbonyl (C=O) groups excluding carboxylic acids is 1. The van der Waals surface area contributed by atoms with Gasteiger partial charge in [-0.1, -0.05) is 0 Å². The third-order valence-electron chi connectivity index (χ3n) is 3.56. The summed E-state index contributed by atoms with van der Waals surface area (Å²) in [6.07, 6.45) is 5.61. The Labute approximate surface area is 92.4 Å². The molecule has 0 aliphatic carbocycles. The zero-order valence-corrected chi connectivity index (χ0v) is 9.58. The van der Waals surface area contributed by atoms with Gasteiger partial charge in [-0.05, 0) is 45.4 Å². The van der Waals surface area contributed by atoms with Gasteiger partial charge in [0.1, 0.15) is 5.78 Å². The van der Waals surface area contributed by atoms with Crippen molar-refractivity contribution in [2.75, 3.05) is 39.3 Å². The minimum atomic E-state index is 0.450. The third kappa shape index (κ3) is 3.58. The van der Waals surface area contributed by atoms with Gasteiger partial charge in [-0.25, -0.2) is 0 Å². The molecule has 2 aliphatic rings. The predicted octanol–water partition coefficient (Wildman–Crippen LogP) is 1.14. The van der Waals surface area contributed by atoms with Gasteiger partial charge in [0.25, 0.3) is 0 Å². The number of carbonyl (C=O) groups is 1. The van der Waals surface area contributed by atoms with Gasteiger partial charge in [0.15, 0.2) is 0 Å². The lowest BCUT2D eigenvalue weighted by Gasteiger charge is -2.26. The summed E-state index contributed by atoms with van der Waals surface area (Å²) in [5.41, 5.74) is 0. The third-order valence-corrected chi connectivity index (χ3v) is 3.56. The van der Waals surface area contributed by atoms with Crippen molar-refractivity contribution in [3.63, 3.8) is 0 Å². The molecule has 0 spiro atoms. The van der Waals surface area contributed by atoms with Crippen LogP contribution in [0.3, 0.4) is 0 Å². The summed E-state index contributed by atoms with van der Waals surface area (Å²) in [6.45, 7) is 7.04. The van der Waals surface area contributed by atoms with Crippen LogP contribution in [0.5, 0.6) is 0 Å². The van der Waals surface area contributed by atoms with Crippen LogP contribution in [0.15, 0.2) is 0 Å². The largest absolute Gasteiger partial charge is 0.303 e. The molecule has 0 unspecified atom stereocenters. The van der Waals surface area contributed by atoms with E-state index >= 15 is 0 Å². The van der Waals surface area contributed by atoms with Gasteiger partial charge in [0.2, 0.25) is 0 Å². The zero-order valence-electron chi connectivity index (χ0n) is 9.58. The quantitative estimate of drug-likeness (QED) is 0.695. The fraction of sp³-hybridized carbons (Fsp3) is 0.917. The predicted molar refractivity (Wildman–Crippen MR) is 61.0 cm³/mol. The van der Waals surface area contributed by atoms with Gasteiger partial charge < -0.3 is 9.80 Å². The molecule has 0 N–H and O–H groups in total. The SMILES string of the molecule is O=C1CCN(CCCN2CCCC2)CC1. The molecule has 15 heavy (non-hydrogen) atoms. The smallest absolute Gasteiger partial charge is 0.135 e. The Morgan fingerprint density at radius 2 is 1.40 bits per heavy atom. The minimum absolute atomic E-state index is 0.450. The average molecular weight is 210 g/mol. The second kappa shape index (κ2) is 5.61. The maximum absolute atomic E-state index is 11.1.